The van der Waals surface area contributed by atoms with Crippen molar-refractivity contribution in [2.24, 2.45) is 0 Å². The fourth-order valence-corrected chi connectivity index (χ4v) is 2.59. The zero-order valence-corrected chi connectivity index (χ0v) is 15.7. The van der Waals surface area contributed by atoms with E-state index in [-0.39, 0.29) is 17.9 Å². The van der Waals surface area contributed by atoms with Crippen LogP contribution >= 0.6 is 0 Å². The lowest BCUT2D eigenvalue weighted by Gasteiger charge is -2.14. The van der Waals surface area contributed by atoms with Crippen LogP contribution in [0.25, 0.3) is 11.4 Å². The first-order valence-corrected chi connectivity index (χ1v) is 8.67. The molecule has 0 saturated carbocycles. The third kappa shape index (κ3) is 5.22. The number of pyridine rings is 1. The van der Waals surface area contributed by atoms with Crippen molar-refractivity contribution in [3.05, 3.63) is 76.3 Å². The molecule has 0 fully saturated rings. The van der Waals surface area contributed by atoms with E-state index in [0.29, 0.717) is 11.3 Å². The predicted molar refractivity (Wildman–Crippen MR) is 100 cm³/mol. The molecular formula is C20H16F3N3O4. The van der Waals surface area contributed by atoms with Crippen molar-refractivity contribution in [1.29, 1.82) is 0 Å². The van der Waals surface area contributed by atoms with Gasteiger partial charge in [-0.1, -0.05) is 30.3 Å². The quantitative estimate of drug-likeness (QED) is 0.571. The van der Waals surface area contributed by atoms with E-state index in [0.717, 1.165) is 6.07 Å². The minimum Gasteiger partial charge on any atom is -0.468 e. The lowest BCUT2D eigenvalue weighted by atomic mass is 10.2. The minimum absolute atomic E-state index is 0.0168. The number of ether oxygens (including phenoxy) is 2. The summed E-state index contributed by atoms with van der Waals surface area (Å²) in [7, 11) is 1.25. The maximum absolute atomic E-state index is 12.6. The van der Waals surface area contributed by atoms with E-state index >= 15 is 0 Å². The van der Waals surface area contributed by atoms with Gasteiger partial charge in [-0.05, 0) is 12.1 Å². The van der Waals surface area contributed by atoms with Crippen molar-refractivity contribution in [2.45, 2.75) is 12.7 Å². The Labute approximate surface area is 168 Å². The Morgan fingerprint density at radius 3 is 2.47 bits per heavy atom. The van der Waals surface area contributed by atoms with Gasteiger partial charge in [0.25, 0.3) is 5.56 Å². The maximum Gasteiger partial charge on any atom is 0.422 e. The molecule has 0 spiro atoms. The molecule has 0 atom stereocenters. The van der Waals surface area contributed by atoms with Crippen LogP contribution in [0.3, 0.4) is 0 Å². The number of hydrogen-bond acceptors (Lipinski definition) is 6. The zero-order valence-electron chi connectivity index (χ0n) is 15.7. The van der Waals surface area contributed by atoms with Crippen LogP contribution in [-0.2, 0) is 11.3 Å². The summed E-state index contributed by atoms with van der Waals surface area (Å²) in [5, 5.41) is 0. The van der Waals surface area contributed by atoms with Gasteiger partial charge in [0.15, 0.2) is 6.61 Å². The summed E-state index contributed by atoms with van der Waals surface area (Å²) in [6.45, 7) is -1.58. The molecule has 0 bridgehead atoms. The van der Waals surface area contributed by atoms with Gasteiger partial charge in [0.2, 0.25) is 5.88 Å². The maximum atomic E-state index is 12.6. The zero-order chi connectivity index (χ0) is 21.7. The van der Waals surface area contributed by atoms with Gasteiger partial charge in [0, 0.05) is 11.8 Å². The first-order chi connectivity index (χ1) is 14.3. The van der Waals surface area contributed by atoms with Gasteiger partial charge in [0.1, 0.15) is 5.82 Å². The van der Waals surface area contributed by atoms with Crippen LogP contribution in [0.1, 0.15) is 16.1 Å². The van der Waals surface area contributed by atoms with Gasteiger partial charge in [-0.15, -0.1) is 0 Å². The van der Waals surface area contributed by atoms with Crippen LogP contribution in [0.4, 0.5) is 13.2 Å². The number of esters is 1. The van der Waals surface area contributed by atoms with Crippen molar-refractivity contribution >= 4 is 5.97 Å². The minimum atomic E-state index is -4.56. The molecule has 2 aromatic heterocycles. The summed E-state index contributed by atoms with van der Waals surface area (Å²) < 4.78 is 47.9. The van der Waals surface area contributed by atoms with E-state index in [1.807, 2.05) is 0 Å². The molecule has 0 unspecified atom stereocenters. The van der Waals surface area contributed by atoms with Gasteiger partial charge in [-0.2, -0.15) is 18.2 Å². The molecule has 3 aromatic rings. The number of nitrogens with zero attached hydrogens (tertiary/aromatic N) is 3. The lowest BCUT2D eigenvalue weighted by molar-refractivity contribution is -0.154. The number of halogens is 3. The summed E-state index contributed by atoms with van der Waals surface area (Å²) in [6, 6.07) is 12.4. The molecule has 0 saturated heterocycles. The Hall–Kier alpha value is -3.69. The number of alkyl halides is 3. The summed E-state index contributed by atoms with van der Waals surface area (Å²) >= 11 is 0. The molecule has 2 heterocycles. The second-order valence-electron chi connectivity index (χ2n) is 6.14. The molecule has 0 amide bonds. The highest BCUT2D eigenvalue weighted by Gasteiger charge is 2.29. The first-order valence-electron chi connectivity index (χ1n) is 8.67. The molecule has 30 heavy (non-hydrogen) atoms. The molecule has 0 aliphatic rings. The van der Waals surface area contributed by atoms with E-state index < -0.39 is 30.2 Å². The summed E-state index contributed by atoms with van der Waals surface area (Å²) in [5.41, 5.74) is 0.580. The van der Waals surface area contributed by atoms with Gasteiger partial charge in [-0.25, -0.2) is 4.79 Å². The highest BCUT2D eigenvalue weighted by molar-refractivity contribution is 5.88. The molecule has 0 aliphatic heterocycles. The topological polar surface area (TPSA) is 83.3 Å². The van der Waals surface area contributed by atoms with Crippen molar-refractivity contribution in [3.63, 3.8) is 0 Å². The highest BCUT2D eigenvalue weighted by atomic mass is 19.4. The number of benzene rings is 1. The van der Waals surface area contributed by atoms with Crippen LogP contribution in [0.15, 0.2) is 59.5 Å². The molecule has 156 valence electrons. The van der Waals surface area contributed by atoms with Crippen molar-refractivity contribution in [1.82, 2.24) is 14.5 Å². The third-order valence-electron chi connectivity index (χ3n) is 3.97. The lowest BCUT2D eigenvalue weighted by Crippen LogP contribution is -2.26. The summed E-state index contributed by atoms with van der Waals surface area (Å²) in [5.74, 6) is -0.857. The highest BCUT2D eigenvalue weighted by Crippen LogP contribution is 2.21. The molecule has 10 heteroatoms. The summed E-state index contributed by atoms with van der Waals surface area (Å²) in [4.78, 5) is 32.4. The Morgan fingerprint density at radius 2 is 1.87 bits per heavy atom. The number of carbonyl (C=O) groups is 1. The number of aromatic nitrogens is 3. The van der Waals surface area contributed by atoms with Crippen LogP contribution in [0.5, 0.6) is 5.88 Å². The van der Waals surface area contributed by atoms with Crippen LogP contribution in [0, 0.1) is 0 Å². The van der Waals surface area contributed by atoms with Crippen molar-refractivity contribution in [3.8, 4) is 17.3 Å². The van der Waals surface area contributed by atoms with Crippen LogP contribution < -0.4 is 10.3 Å². The molecule has 7 nitrogen and oxygen atoms in total. The number of methoxy groups -OCH3 is 1. The van der Waals surface area contributed by atoms with E-state index in [4.69, 9.17) is 0 Å². The Morgan fingerprint density at radius 1 is 1.13 bits per heavy atom. The predicted octanol–water partition coefficient (Wildman–Crippen LogP) is 3.08. The molecule has 0 radical (unpaired) electrons. The SMILES string of the molecule is COC(=O)c1ccc(Cn2c(-c3ccccc3)nc(OCC(F)(F)F)cc2=O)nc1. The van der Waals surface area contributed by atoms with E-state index in [1.54, 1.807) is 36.4 Å². The summed E-state index contributed by atoms with van der Waals surface area (Å²) in [6.07, 6.45) is -3.25. The first kappa shape index (κ1) is 21.0. The molecule has 3 rings (SSSR count). The van der Waals surface area contributed by atoms with Crippen molar-refractivity contribution < 1.29 is 27.4 Å². The number of carbonyl (C=O) groups excluding carboxylic acids is 1. The molecule has 1 aromatic carbocycles. The molecule has 0 N–H and O–H groups in total. The molecular weight excluding hydrogens is 403 g/mol. The standard InChI is InChI=1S/C20H16F3N3O4/c1-29-19(28)14-7-8-15(24-10-14)11-26-17(27)9-16(30-12-20(21,22)23)25-18(26)13-5-3-2-4-6-13/h2-10H,11-12H2,1H3. The average Bonchev–Trinajstić information content (AvgIpc) is 2.74. The Bertz CT molecular complexity index is 1080. The van der Waals surface area contributed by atoms with E-state index in [1.165, 1.54) is 23.9 Å². The fourth-order valence-electron chi connectivity index (χ4n) is 2.59. The number of rotatable bonds is 6. The average molecular weight is 419 g/mol. The van der Waals surface area contributed by atoms with Crippen molar-refractivity contribution in [2.75, 3.05) is 13.7 Å². The van der Waals surface area contributed by atoms with E-state index in [2.05, 4.69) is 19.4 Å². The normalized spacial score (nSPS) is 11.2. The third-order valence-corrected chi connectivity index (χ3v) is 3.97. The smallest absolute Gasteiger partial charge is 0.422 e. The fraction of sp³-hybridized carbons (Fsp3) is 0.200. The second kappa shape index (κ2) is 8.76. The second-order valence-corrected chi connectivity index (χ2v) is 6.14. The van der Waals surface area contributed by atoms with Gasteiger partial charge >= 0.3 is 12.1 Å². The number of hydrogen-bond donors (Lipinski definition) is 0. The van der Waals surface area contributed by atoms with Crippen LogP contribution in [0.2, 0.25) is 0 Å². The van der Waals surface area contributed by atoms with Gasteiger partial charge in [-0.3, -0.25) is 14.3 Å². The largest absolute Gasteiger partial charge is 0.468 e. The Balaban J connectivity index is 1.98. The Kier molecular flexibility index (Phi) is 6.14. The van der Waals surface area contributed by atoms with Crippen LogP contribution in [-0.4, -0.2) is 40.4 Å². The monoisotopic (exact) mass is 419 g/mol. The van der Waals surface area contributed by atoms with Gasteiger partial charge in [0.05, 0.1) is 31.0 Å². The molecule has 0 aliphatic carbocycles. The van der Waals surface area contributed by atoms with Gasteiger partial charge < -0.3 is 9.47 Å². The van der Waals surface area contributed by atoms with E-state index in [9.17, 15) is 22.8 Å².